The largest absolute Gasteiger partial charge is 0.459 e. The highest BCUT2D eigenvalue weighted by molar-refractivity contribution is 9.10. The Bertz CT molecular complexity index is 700. The van der Waals surface area contributed by atoms with Gasteiger partial charge in [-0.15, -0.1) is 0 Å². The molecule has 0 radical (unpaired) electrons. The number of fused-ring (bicyclic) bond motifs is 1. The monoisotopic (exact) mass is 333 g/mol. The van der Waals surface area contributed by atoms with Gasteiger partial charge in [0.15, 0.2) is 0 Å². The summed E-state index contributed by atoms with van der Waals surface area (Å²) in [5, 5.41) is 4.21. The van der Waals surface area contributed by atoms with Gasteiger partial charge >= 0.3 is 0 Å². The molecule has 0 fully saturated rings. The Balaban J connectivity index is 2.08. The summed E-state index contributed by atoms with van der Waals surface area (Å²) in [6.07, 6.45) is 0. The molecule has 0 aliphatic rings. The maximum atomic E-state index is 13.6. The summed E-state index contributed by atoms with van der Waals surface area (Å²) in [6.45, 7) is 0. The molecular formula is C16H13BrFNO. The third-order valence-electron chi connectivity index (χ3n) is 3.24. The first-order chi connectivity index (χ1) is 9.67. The maximum Gasteiger partial charge on any atom is 0.134 e. The van der Waals surface area contributed by atoms with Crippen LogP contribution in [-0.2, 0) is 0 Å². The molecule has 1 atom stereocenters. The quantitative estimate of drug-likeness (QED) is 0.755. The predicted octanol–water partition coefficient (Wildman–Crippen LogP) is 4.64. The lowest BCUT2D eigenvalue weighted by atomic mass is 10.0. The van der Waals surface area contributed by atoms with Crippen molar-refractivity contribution in [2.75, 3.05) is 7.05 Å². The summed E-state index contributed by atoms with van der Waals surface area (Å²) >= 11 is 3.32. The molecule has 0 aliphatic heterocycles. The highest BCUT2D eigenvalue weighted by atomic mass is 79.9. The molecule has 1 N–H and O–H groups in total. The molecule has 3 rings (SSSR count). The number of para-hydroxylation sites is 1. The van der Waals surface area contributed by atoms with Crippen LogP contribution in [0.3, 0.4) is 0 Å². The zero-order valence-corrected chi connectivity index (χ0v) is 12.4. The van der Waals surface area contributed by atoms with Gasteiger partial charge in [-0.2, -0.15) is 0 Å². The second kappa shape index (κ2) is 5.38. The van der Waals surface area contributed by atoms with Crippen LogP contribution in [0.15, 0.2) is 57.4 Å². The first kappa shape index (κ1) is 13.3. The first-order valence-corrected chi connectivity index (χ1v) is 7.08. The Morgan fingerprint density at radius 3 is 2.65 bits per heavy atom. The summed E-state index contributed by atoms with van der Waals surface area (Å²) in [4.78, 5) is 0. The van der Waals surface area contributed by atoms with Crippen molar-refractivity contribution in [1.29, 1.82) is 0 Å². The minimum Gasteiger partial charge on any atom is -0.459 e. The third kappa shape index (κ3) is 2.49. The summed E-state index contributed by atoms with van der Waals surface area (Å²) in [7, 11) is 1.83. The van der Waals surface area contributed by atoms with Crippen LogP contribution >= 0.6 is 15.9 Å². The molecule has 0 bridgehead atoms. The predicted molar refractivity (Wildman–Crippen MR) is 81.2 cm³/mol. The SMILES string of the molecule is CNC(c1cc(F)cc(Br)c1)c1cc2ccccc2o1. The number of nitrogens with one attached hydrogen (secondary N) is 1. The molecule has 2 nitrogen and oxygen atoms in total. The lowest BCUT2D eigenvalue weighted by molar-refractivity contribution is 0.490. The average Bonchev–Trinajstić information content (AvgIpc) is 2.81. The topological polar surface area (TPSA) is 25.2 Å². The van der Waals surface area contributed by atoms with Crippen LogP contribution in [0.1, 0.15) is 17.4 Å². The highest BCUT2D eigenvalue weighted by Gasteiger charge is 2.17. The number of furan rings is 1. The van der Waals surface area contributed by atoms with Gasteiger partial charge in [-0.05, 0) is 42.9 Å². The van der Waals surface area contributed by atoms with Gasteiger partial charge in [0.2, 0.25) is 0 Å². The molecule has 1 unspecified atom stereocenters. The van der Waals surface area contributed by atoms with E-state index in [4.69, 9.17) is 4.42 Å². The summed E-state index contributed by atoms with van der Waals surface area (Å²) in [5.74, 6) is 0.497. The van der Waals surface area contributed by atoms with Crippen molar-refractivity contribution in [2.24, 2.45) is 0 Å². The van der Waals surface area contributed by atoms with Crippen LogP contribution in [-0.4, -0.2) is 7.05 Å². The van der Waals surface area contributed by atoms with Crippen LogP contribution in [0.5, 0.6) is 0 Å². The standard InChI is InChI=1S/C16H13BrFNO/c1-19-16(11-6-12(17)9-13(18)7-11)15-8-10-4-2-3-5-14(10)20-15/h2-9,16,19H,1H3. The van der Waals surface area contributed by atoms with Crippen LogP contribution in [0.4, 0.5) is 4.39 Å². The van der Waals surface area contributed by atoms with Crippen molar-refractivity contribution >= 4 is 26.9 Å². The van der Waals surface area contributed by atoms with Crippen molar-refractivity contribution in [3.05, 3.63) is 70.1 Å². The van der Waals surface area contributed by atoms with E-state index in [2.05, 4.69) is 21.2 Å². The number of hydrogen-bond acceptors (Lipinski definition) is 2. The Hall–Kier alpha value is -1.65. The van der Waals surface area contributed by atoms with E-state index in [9.17, 15) is 4.39 Å². The number of halogens is 2. The number of benzene rings is 2. The highest BCUT2D eigenvalue weighted by Crippen LogP contribution is 2.29. The normalized spacial score (nSPS) is 12.8. The van der Waals surface area contributed by atoms with E-state index in [-0.39, 0.29) is 11.9 Å². The Morgan fingerprint density at radius 1 is 1.15 bits per heavy atom. The lowest BCUT2D eigenvalue weighted by Crippen LogP contribution is -2.17. The molecule has 0 saturated heterocycles. The molecule has 1 aromatic heterocycles. The molecule has 1 heterocycles. The molecule has 2 aromatic carbocycles. The van der Waals surface area contributed by atoms with Gasteiger partial charge in [0.1, 0.15) is 17.2 Å². The van der Waals surface area contributed by atoms with Crippen molar-refractivity contribution in [3.8, 4) is 0 Å². The third-order valence-corrected chi connectivity index (χ3v) is 3.69. The fourth-order valence-electron chi connectivity index (χ4n) is 2.36. The molecule has 0 saturated carbocycles. The van der Waals surface area contributed by atoms with E-state index in [1.165, 1.54) is 12.1 Å². The molecule has 102 valence electrons. The smallest absolute Gasteiger partial charge is 0.134 e. The van der Waals surface area contributed by atoms with Gasteiger partial charge in [0.25, 0.3) is 0 Å². The fraction of sp³-hybridized carbons (Fsp3) is 0.125. The van der Waals surface area contributed by atoms with Crippen LogP contribution in [0.2, 0.25) is 0 Å². The second-order valence-electron chi connectivity index (χ2n) is 4.61. The maximum absolute atomic E-state index is 13.6. The van der Waals surface area contributed by atoms with Gasteiger partial charge in [-0.25, -0.2) is 4.39 Å². The summed E-state index contributed by atoms with van der Waals surface area (Å²) < 4.78 is 20.1. The van der Waals surface area contributed by atoms with Crippen LogP contribution in [0, 0.1) is 5.82 Å². The van der Waals surface area contributed by atoms with Crippen molar-refractivity contribution in [2.45, 2.75) is 6.04 Å². The summed E-state index contributed by atoms with van der Waals surface area (Å²) in [6, 6.07) is 14.5. The van der Waals surface area contributed by atoms with E-state index in [0.717, 1.165) is 22.3 Å². The lowest BCUT2D eigenvalue weighted by Gasteiger charge is -2.14. The Kier molecular flexibility index (Phi) is 3.59. The molecule has 3 aromatic rings. The van der Waals surface area contributed by atoms with Gasteiger partial charge < -0.3 is 9.73 Å². The van der Waals surface area contributed by atoms with Gasteiger partial charge in [-0.3, -0.25) is 0 Å². The Labute approximate surface area is 124 Å². The molecule has 0 amide bonds. The molecule has 20 heavy (non-hydrogen) atoms. The van der Waals surface area contributed by atoms with E-state index in [1.807, 2.05) is 43.4 Å². The van der Waals surface area contributed by atoms with E-state index >= 15 is 0 Å². The van der Waals surface area contributed by atoms with Crippen molar-refractivity contribution in [3.63, 3.8) is 0 Å². The van der Waals surface area contributed by atoms with E-state index in [1.54, 1.807) is 0 Å². The molecular weight excluding hydrogens is 321 g/mol. The molecule has 0 aliphatic carbocycles. The van der Waals surface area contributed by atoms with Crippen molar-refractivity contribution < 1.29 is 8.81 Å². The molecule has 0 spiro atoms. The second-order valence-corrected chi connectivity index (χ2v) is 5.53. The Morgan fingerprint density at radius 2 is 1.95 bits per heavy atom. The zero-order valence-electron chi connectivity index (χ0n) is 10.9. The zero-order chi connectivity index (χ0) is 14.1. The minimum atomic E-state index is -0.272. The summed E-state index contributed by atoms with van der Waals surface area (Å²) in [5.41, 5.74) is 1.65. The van der Waals surface area contributed by atoms with Crippen LogP contribution in [0.25, 0.3) is 11.0 Å². The van der Waals surface area contributed by atoms with Gasteiger partial charge in [-0.1, -0.05) is 34.1 Å². The minimum absolute atomic E-state index is 0.186. The van der Waals surface area contributed by atoms with Gasteiger partial charge in [0, 0.05) is 9.86 Å². The van der Waals surface area contributed by atoms with Gasteiger partial charge in [0.05, 0.1) is 6.04 Å². The van der Waals surface area contributed by atoms with Crippen molar-refractivity contribution in [1.82, 2.24) is 5.32 Å². The first-order valence-electron chi connectivity index (χ1n) is 6.29. The average molecular weight is 334 g/mol. The fourth-order valence-corrected chi connectivity index (χ4v) is 2.84. The van der Waals surface area contributed by atoms with Crippen LogP contribution < -0.4 is 5.32 Å². The number of rotatable bonds is 3. The molecule has 4 heteroatoms. The van der Waals surface area contributed by atoms with E-state index in [0.29, 0.717) is 4.47 Å². The number of hydrogen-bond donors (Lipinski definition) is 1. The van der Waals surface area contributed by atoms with E-state index < -0.39 is 0 Å².